The highest BCUT2D eigenvalue weighted by Gasteiger charge is 2.15. The van der Waals surface area contributed by atoms with Gasteiger partial charge in [0.05, 0.1) is 13.3 Å². The first-order valence-corrected chi connectivity index (χ1v) is 8.84. The predicted molar refractivity (Wildman–Crippen MR) is 117 cm³/mol. The van der Waals surface area contributed by atoms with Crippen LogP contribution in [-0.2, 0) is 6.54 Å². The van der Waals surface area contributed by atoms with Crippen LogP contribution in [0.5, 0.6) is 11.5 Å². The van der Waals surface area contributed by atoms with Crippen molar-refractivity contribution in [3.05, 3.63) is 89.7 Å². The Bertz CT molecular complexity index is 1050. The number of hydrogen-bond acceptors (Lipinski definition) is 5. The summed E-state index contributed by atoms with van der Waals surface area (Å²) < 4.78 is 6.72. The minimum atomic E-state index is -0.428. The van der Waals surface area contributed by atoms with Gasteiger partial charge >= 0.3 is 0 Å². The van der Waals surface area contributed by atoms with Crippen LogP contribution in [0, 0.1) is 0 Å². The number of methoxy groups -OCH3 is 1. The number of halogens is 1. The summed E-state index contributed by atoms with van der Waals surface area (Å²) in [6.45, 7) is 0.0919. The van der Waals surface area contributed by atoms with Crippen LogP contribution < -0.4 is 14.7 Å². The lowest BCUT2D eigenvalue weighted by molar-refractivity contribution is -0.683. The van der Waals surface area contributed by atoms with E-state index in [9.17, 15) is 14.7 Å². The predicted octanol–water partition coefficient (Wildman–Crippen LogP) is 2.91. The molecule has 0 aliphatic heterocycles. The number of ether oxygens (including phenoxy) is 1. The van der Waals surface area contributed by atoms with Crippen LogP contribution in [0.25, 0.3) is 0 Å². The Hall–Kier alpha value is -3.52. The van der Waals surface area contributed by atoms with Gasteiger partial charge in [-0.15, -0.1) is 17.0 Å². The second kappa shape index (κ2) is 10.9. The average Bonchev–Trinajstić information content (AvgIpc) is 2.75. The molecular formula is C22H21BrN3O4+. The molecule has 3 rings (SSSR count). The van der Waals surface area contributed by atoms with Gasteiger partial charge in [-0.25, -0.2) is 5.43 Å². The van der Waals surface area contributed by atoms with Crippen LogP contribution in [0.15, 0.2) is 78.2 Å². The number of hydrazone groups is 1. The lowest BCUT2D eigenvalue weighted by atomic mass is 10.1. The maximum Gasteiger partial charge on any atom is 0.277 e. The zero-order valence-corrected chi connectivity index (χ0v) is 17.9. The standard InChI is InChI=1S/C22H19N3O4.BrH/c1-29-19-10-8-16(9-11-19)21(27)15-25-12-4-6-18(14-25)22(28)24-23-13-17-5-2-3-7-20(17)26;/h2-14H,15H2,1H3,(H-,23,24,26,28);1H/p+1. The van der Waals surface area contributed by atoms with E-state index in [1.807, 2.05) is 0 Å². The first kappa shape index (κ1) is 22.8. The van der Waals surface area contributed by atoms with E-state index in [0.29, 0.717) is 22.4 Å². The van der Waals surface area contributed by atoms with E-state index < -0.39 is 5.91 Å². The number of carbonyl (C=O) groups is 2. The van der Waals surface area contributed by atoms with Crippen molar-refractivity contribution in [3.8, 4) is 11.5 Å². The molecule has 30 heavy (non-hydrogen) atoms. The largest absolute Gasteiger partial charge is 0.507 e. The summed E-state index contributed by atoms with van der Waals surface area (Å²) in [7, 11) is 1.57. The van der Waals surface area contributed by atoms with Gasteiger partial charge in [0, 0.05) is 17.2 Å². The fraction of sp³-hybridized carbons (Fsp3) is 0.0909. The van der Waals surface area contributed by atoms with Gasteiger partial charge in [0.25, 0.3) is 5.91 Å². The Kier molecular flexibility index (Phi) is 8.25. The molecule has 2 aromatic carbocycles. The van der Waals surface area contributed by atoms with Gasteiger partial charge in [-0.3, -0.25) is 9.59 Å². The first-order valence-electron chi connectivity index (χ1n) is 8.84. The van der Waals surface area contributed by atoms with Crippen molar-refractivity contribution >= 4 is 34.9 Å². The van der Waals surface area contributed by atoms with Gasteiger partial charge in [-0.1, -0.05) is 12.1 Å². The highest BCUT2D eigenvalue weighted by Crippen LogP contribution is 2.13. The molecule has 0 atom stereocenters. The highest BCUT2D eigenvalue weighted by atomic mass is 79.9. The molecule has 7 nitrogen and oxygen atoms in total. The fourth-order valence-electron chi connectivity index (χ4n) is 2.61. The number of ketones is 1. The third-order valence-electron chi connectivity index (χ3n) is 4.17. The Labute approximate surface area is 184 Å². The van der Waals surface area contributed by atoms with Crippen LogP contribution in [-0.4, -0.2) is 30.1 Å². The number of aromatic hydroxyl groups is 1. The van der Waals surface area contributed by atoms with E-state index >= 15 is 0 Å². The Morgan fingerprint density at radius 2 is 1.80 bits per heavy atom. The number of phenols is 1. The topological polar surface area (TPSA) is 91.9 Å². The number of nitrogens with one attached hydrogen (secondary N) is 1. The van der Waals surface area contributed by atoms with Gasteiger partial charge in [-0.2, -0.15) is 9.67 Å². The molecule has 0 aliphatic carbocycles. The molecule has 8 heteroatoms. The number of aromatic nitrogens is 1. The molecule has 154 valence electrons. The van der Waals surface area contributed by atoms with Crippen LogP contribution >= 0.6 is 17.0 Å². The third-order valence-corrected chi connectivity index (χ3v) is 4.17. The molecule has 0 aliphatic rings. The van der Waals surface area contributed by atoms with E-state index in [1.165, 1.54) is 12.3 Å². The van der Waals surface area contributed by atoms with Crippen LogP contribution in [0.4, 0.5) is 0 Å². The molecule has 0 bridgehead atoms. The lowest BCUT2D eigenvalue weighted by Crippen LogP contribution is -2.38. The van der Waals surface area contributed by atoms with E-state index in [0.717, 1.165) is 0 Å². The van der Waals surface area contributed by atoms with Crippen LogP contribution in [0.2, 0.25) is 0 Å². The quantitative estimate of drug-likeness (QED) is 0.240. The maximum absolute atomic E-state index is 12.4. The average molecular weight is 471 g/mol. The summed E-state index contributed by atoms with van der Waals surface area (Å²) in [6, 6.07) is 16.8. The SMILES string of the molecule is Br.COc1ccc(C(=O)C[n+]2cccc(C(=O)N/N=C/c3ccccc3O)c2)cc1. The van der Waals surface area contributed by atoms with Crippen LogP contribution in [0.1, 0.15) is 26.3 Å². The normalized spacial score (nSPS) is 10.3. The second-order valence-corrected chi connectivity index (χ2v) is 6.17. The number of para-hydroxylation sites is 1. The summed E-state index contributed by atoms with van der Waals surface area (Å²) in [4.78, 5) is 24.7. The molecule has 1 amide bonds. The maximum atomic E-state index is 12.4. The summed E-state index contributed by atoms with van der Waals surface area (Å²) in [5.41, 5.74) is 3.80. The Morgan fingerprint density at radius 1 is 1.07 bits per heavy atom. The van der Waals surface area contributed by atoms with E-state index in [4.69, 9.17) is 4.74 Å². The lowest BCUT2D eigenvalue weighted by Gasteiger charge is -2.02. The third kappa shape index (κ3) is 5.99. The number of carbonyl (C=O) groups excluding carboxylic acids is 2. The minimum absolute atomic E-state index is 0. The molecular weight excluding hydrogens is 450 g/mol. The van der Waals surface area contributed by atoms with Crippen LogP contribution in [0.3, 0.4) is 0 Å². The van der Waals surface area contributed by atoms with Crippen molar-refractivity contribution in [1.29, 1.82) is 0 Å². The Morgan fingerprint density at radius 3 is 2.50 bits per heavy atom. The molecule has 1 aromatic heterocycles. The number of amides is 1. The molecule has 0 saturated carbocycles. The van der Waals surface area contributed by atoms with Crippen molar-refractivity contribution < 1.29 is 24.0 Å². The van der Waals surface area contributed by atoms with Gasteiger partial charge in [0.15, 0.2) is 12.4 Å². The van der Waals surface area contributed by atoms with Crippen molar-refractivity contribution in [2.45, 2.75) is 6.54 Å². The van der Waals surface area contributed by atoms with Crippen molar-refractivity contribution in [1.82, 2.24) is 5.43 Å². The van der Waals surface area contributed by atoms with Gasteiger partial charge in [0.1, 0.15) is 17.1 Å². The van der Waals surface area contributed by atoms with Gasteiger partial charge in [0.2, 0.25) is 12.3 Å². The van der Waals surface area contributed by atoms with E-state index in [-0.39, 0.29) is 35.1 Å². The second-order valence-electron chi connectivity index (χ2n) is 6.17. The van der Waals surface area contributed by atoms with Crippen molar-refractivity contribution in [2.75, 3.05) is 7.11 Å². The summed E-state index contributed by atoms with van der Waals surface area (Å²) >= 11 is 0. The molecule has 2 N–H and O–H groups in total. The zero-order valence-electron chi connectivity index (χ0n) is 16.2. The molecule has 0 radical (unpaired) electrons. The van der Waals surface area contributed by atoms with Crippen molar-refractivity contribution in [3.63, 3.8) is 0 Å². The molecule has 0 unspecified atom stereocenters. The monoisotopic (exact) mass is 470 g/mol. The molecule has 0 spiro atoms. The number of rotatable bonds is 7. The summed E-state index contributed by atoms with van der Waals surface area (Å²) in [5, 5.41) is 13.6. The molecule has 0 fully saturated rings. The van der Waals surface area contributed by atoms with E-state index in [2.05, 4.69) is 10.5 Å². The Balaban J connectivity index is 0.00000320. The highest BCUT2D eigenvalue weighted by molar-refractivity contribution is 8.93. The zero-order chi connectivity index (χ0) is 20.6. The number of nitrogens with zero attached hydrogens (tertiary/aromatic N) is 2. The summed E-state index contributed by atoms with van der Waals surface area (Å²) in [6.07, 6.45) is 4.65. The number of phenolic OH excluding ortho intramolecular Hbond substituents is 1. The minimum Gasteiger partial charge on any atom is -0.507 e. The molecule has 1 heterocycles. The van der Waals surface area contributed by atoms with Gasteiger partial charge in [-0.05, 0) is 42.5 Å². The molecule has 0 saturated heterocycles. The smallest absolute Gasteiger partial charge is 0.277 e. The number of pyridine rings is 1. The fourth-order valence-corrected chi connectivity index (χ4v) is 2.61. The molecule has 3 aromatic rings. The number of benzene rings is 2. The van der Waals surface area contributed by atoms with Crippen molar-refractivity contribution in [2.24, 2.45) is 5.10 Å². The van der Waals surface area contributed by atoms with Gasteiger partial charge < -0.3 is 9.84 Å². The summed E-state index contributed by atoms with van der Waals surface area (Å²) in [5.74, 6) is 0.230. The van der Waals surface area contributed by atoms with E-state index in [1.54, 1.807) is 78.7 Å². The number of hydrogen-bond donors (Lipinski definition) is 2. The first-order chi connectivity index (χ1) is 14.1. The number of Topliss-reactive ketones (excluding diaryl/α,β-unsaturated/α-hetero) is 1.